The maximum absolute atomic E-state index is 12.9. The first kappa shape index (κ1) is 37.2. The second-order valence-corrected chi connectivity index (χ2v) is 14.3. The van der Waals surface area contributed by atoms with Crippen molar-refractivity contribution in [2.24, 2.45) is 5.92 Å². The highest BCUT2D eigenvalue weighted by molar-refractivity contribution is 7.09. The molecule has 3 aromatic carbocycles. The van der Waals surface area contributed by atoms with E-state index in [1.807, 2.05) is 17.2 Å². The van der Waals surface area contributed by atoms with E-state index in [1.165, 1.54) is 51.1 Å². The lowest BCUT2D eigenvalue weighted by atomic mass is 9.79. The van der Waals surface area contributed by atoms with Crippen LogP contribution in [0.4, 0.5) is 13.2 Å². The molecule has 7 nitrogen and oxygen atoms in total. The average Bonchev–Trinajstić information content (AvgIpc) is 3.79. The molecule has 52 heavy (non-hydrogen) atoms. The number of likely N-dealkylation sites (N-methyl/N-ethyl adjacent to an activating group) is 1. The number of halogens is 3. The number of benzene rings is 3. The zero-order valence-corrected chi connectivity index (χ0v) is 30.8. The van der Waals surface area contributed by atoms with Gasteiger partial charge >= 0.3 is 6.18 Å². The van der Waals surface area contributed by atoms with E-state index in [9.17, 15) is 23.1 Å². The first-order valence-corrected chi connectivity index (χ1v) is 18.7. The molecule has 11 heteroatoms. The molecular weight excluding hydrogens is 686 g/mol. The van der Waals surface area contributed by atoms with Crippen LogP contribution in [0.5, 0.6) is 11.5 Å². The Labute approximate surface area is 306 Å². The number of phenolic OH excluding ortho intramolecular Hbond substituents is 1. The third-order valence-electron chi connectivity index (χ3n) is 9.94. The summed E-state index contributed by atoms with van der Waals surface area (Å²) in [6.45, 7) is 8.85. The Morgan fingerprint density at radius 3 is 2.58 bits per heavy atom. The van der Waals surface area contributed by atoms with Crippen LogP contribution < -0.4 is 4.74 Å². The lowest BCUT2D eigenvalue weighted by Crippen LogP contribution is -2.47. The summed E-state index contributed by atoms with van der Waals surface area (Å²) in [4.78, 5) is 25.1. The number of amides is 1. The maximum Gasteiger partial charge on any atom is 0.416 e. The summed E-state index contributed by atoms with van der Waals surface area (Å²) in [5, 5.41) is 13.7. The summed E-state index contributed by atoms with van der Waals surface area (Å²) in [6, 6.07) is 17.0. The van der Waals surface area contributed by atoms with E-state index in [0.717, 1.165) is 73.8 Å². The van der Waals surface area contributed by atoms with Gasteiger partial charge in [0.15, 0.2) is 0 Å². The van der Waals surface area contributed by atoms with Crippen molar-refractivity contribution in [3.63, 3.8) is 0 Å². The van der Waals surface area contributed by atoms with E-state index in [4.69, 9.17) is 4.74 Å². The average molecular weight is 731 g/mol. The van der Waals surface area contributed by atoms with Gasteiger partial charge in [0.25, 0.3) is 0 Å². The van der Waals surface area contributed by atoms with E-state index >= 15 is 0 Å². The van der Waals surface area contributed by atoms with Gasteiger partial charge in [0.05, 0.1) is 28.8 Å². The standard InChI is InChI=1S/C21H20F3NO2S.C20H25N3O/c1-14-12-17(9-10-19(14)26)27-11-3-2-4-20-25-18(13-28-20)15-5-7-16(8-6-15)21(22,23)24;1-4-23(5-2)20(24)14-9-16-15-7-6-8-17-19(15)13(11-21-17)10-18(16)22(3)12-14/h5-10,12-13,26H,2-4,11H2,1H3;6-9,11,14,18,21H,4-5,10,12H2,1-3H3/t;14-,18-/m.1/s1. The number of thiazole rings is 1. The van der Waals surface area contributed by atoms with Crippen LogP contribution in [0, 0.1) is 12.8 Å². The Bertz CT molecular complexity index is 2030. The largest absolute Gasteiger partial charge is 0.508 e. The van der Waals surface area contributed by atoms with E-state index in [1.54, 1.807) is 18.2 Å². The van der Waals surface area contributed by atoms with Crippen LogP contribution in [0.25, 0.3) is 27.7 Å². The molecule has 1 aliphatic heterocycles. The smallest absolute Gasteiger partial charge is 0.416 e. The molecular formula is C41H45F3N4O3S. The number of nitrogens with one attached hydrogen (secondary N) is 1. The maximum atomic E-state index is 12.9. The minimum absolute atomic E-state index is 0.0445. The number of unbranched alkanes of at least 4 members (excludes halogenated alkanes) is 1. The molecule has 0 saturated carbocycles. The molecule has 2 N–H and O–H groups in total. The number of aromatic hydroxyl groups is 1. The van der Waals surface area contributed by atoms with Crippen LogP contribution in [0.2, 0.25) is 0 Å². The second kappa shape index (κ2) is 16.0. The highest BCUT2D eigenvalue weighted by Crippen LogP contribution is 2.41. The summed E-state index contributed by atoms with van der Waals surface area (Å²) >= 11 is 1.51. The molecule has 0 fully saturated rings. The van der Waals surface area contributed by atoms with Gasteiger partial charge in [-0.2, -0.15) is 13.2 Å². The molecule has 2 aliphatic rings. The molecule has 2 aromatic heterocycles. The van der Waals surface area contributed by atoms with E-state index in [2.05, 4.69) is 66.2 Å². The number of aromatic nitrogens is 2. The number of carbonyl (C=O) groups is 1. The predicted molar refractivity (Wildman–Crippen MR) is 202 cm³/mol. The number of aromatic amines is 1. The molecule has 2 atom stereocenters. The number of hydrogen-bond donors (Lipinski definition) is 2. The van der Waals surface area contributed by atoms with Crippen LogP contribution in [-0.2, 0) is 23.8 Å². The highest BCUT2D eigenvalue weighted by Gasteiger charge is 2.36. The molecule has 0 saturated heterocycles. The van der Waals surface area contributed by atoms with Gasteiger partial charge in [-0.25, -0.2) is 4.98 Å². The molecule has 0 spiro atoms. The van der Waals surface area contributed by atoms with Crippen molar-refractivity contribution < 1.29 is 27.8 Å². The van der Waals surface area contributed by atoms with E-state index in [0.29, 0.717) is 23.9 Å². The Morgan fingerprint density at radius 1 is 1.10 bits per heavy atom. The van der Waals surface area contributed by atoms with Crippen molar-refractivity contribution in [3.8, 4) is 22.8 Å². The lowest BCUT2D eigenvalue weighted by Gasteiger charge is -2.40. The number of fused-ring (bicyclic) bond motifs is 2. The Hall–Kier alpha value is -4.61. The van der Waals surface area contributed by atoms with Crippen molar-refractivity contribution in [2.75, 3.05) is 33.3 Å². The third-order valence-corrected chi connectivity index (χ3v) is 10.9. The summed E-state index contributed by atoms with van der Waals surface area (Å²) in [5.74, 6) is 1.19. The van der Waals surface area contributed by atoms with Crippen molar-refractivity contribution in [1.82, 2.24) is 19.8 Å². The molecule has 7 rings (SSSR count). The Balaban J connectivity index is 0.000000180. The zero-order chi connectivity index (χ0) is 37.0. The molecule has 1 amide bonds. The van der Waals surface area contributed by atoms with Crippen molar-refractivity contribution in [3.05, 3.63) is 106 Å². The number of hydrogen-bond acceptors (Lipinski definition) is 6. The zero-order valence-electron chi connectivity index (χ0n) is 30.0. The Morgan fingerprint density at radius 2 is 1.87 bits per heavy atom. The number of nitrogens with zero attached hydrogens (tertiary/aromatic N) is 3. The molecule has 3 heterocycles. The van der Waals surface area contributed by atoms with Gasteiger partial charge in [0.2, 0.25) is 5.91 Å². The first-order valence-electron chi connectivity index (χ1n) is 17.8. The SMILES string of the molecule is CCN(CC)C(=O)[C@@H]1C=C2c3cccc4[nH]cc(c34)C[C@H]2N(C)C1.Cc1cc(OCCCCc2nc(-c3ccc(C(F)(F)F)cc3)cs2)ccc1O. The Kier molecular flexibility index (Phi) is 11.4. The van der Waals surface area contributed by atoms with Crippen LogP contribution in [0.3, 0.4) is 0 Å². The fourth-order valence-electron chi connectivity index (χ4n) is 7.05. The molecule has 0 unspecified atom stereocenters. The van der Waals surface area contributed by atoms with E-state index in [-0.39, 0.29) is 17.6 Å². The summed E-state index contributed by atoms with van der Waals surface area (Å²) in [5.41, 5.74) is 6.71. The molecule has 0 radical (unpaired) electrons. The van der Waals surface area contributed by atoms with Gasteiger partial charge in [-0.1, -0.05) is 30.3 Å². The number of ether oxygens (including phenoxy) is 1. The van der Waals surface area contributed by atoms with Crippen LogP contribution in [-0.4, -0.2) is 70.1 Å². The number of alkyl halides is 3. The van der Waals surface area contributed by atoms with Crippen molar-refractivity contribution in [1.29, 1.82) is 0 Å². The minimum Gasteiger partial charge on any atom is -0.508 e. The van der Waals surface area contributed by atoms with Gasteiger partial charge in [0.1, 0.15) is 11.5 Å². The van der Waals surface area contributed by atoms with Gasteiger partial charge in [0, 0.05) is 53.7 Å². The van der Waals surface area contributed by atoms with E-state index < -0.39 is 11.7 Å². The molecule has 1 aliphatic carbocycles. The molecule has 274 valence electrons. The lowest BCUT2D eigenvalue weighted by molar-refractivity contribution is -0.137. The highest BCUT2D eigenvalue weighted by atomic mass is 32.1. The van der Waals surface area contributed by atoms with Crippen molar-refractivity contribution in [2.45, 2.75) is 58.7 Å². The van der Waals surface area contributed by atoms with Gasteiger partial charge < -0.3 is 19.7 Å². The van der Waals surface area contributed by atoms with Gasteiger partial charge in [-0.3, -0.25) is 9.69 Å². The third kappa shape index (κ3) is 8.21. The van der Waals surface area contributed by atoms with Crippen LogP contribution in [0.1, 0.15) is 54.0 Å². The topological polar surface area (TPSA) is 81.7 Å². The molecule has 0 bridgehead atoms. The second-order valence-electron chi connectivity index (χ2n) is 13.4. The number of rotatable bonds is 10. The fourth-order valence-corrected chi connectivity index (χ4v) is 7.90. The van der Waals surface area contributed by atoms with Crippen molar-refractivity contribution >= 4 is 33.7 Å². The fraction of sp³-hybridized carbons (Fsp3) is 0.366. The molecule has 5 aromatic rings. The number of carbonyl (C=O) groups excluding carboxylic acids is 1. The van der Waals surface area contributed by atoms with Gasteiger partial charge in [-0.05, 0) is 112 Å². The van der Waals surface area contributed by atoms with Gasteiger partial charge in [-0.15, -0.1) is 11.3 Å². The minimum atomic E-state index is -4.33. The number of H-pyrrole nitrogens is 1. The summed E-state index contributed by atoms with van der Waals surface area (Å²) in [7, 11) is 2.15. The summed E-state index contributed by atoms with van der Waals surface area (Å²) in [6.07, 6.45) is 3.63. The summed E-state index contributed by atoms with van der Waals surface area (Å²) < 4.78 is 43.6. The monoisotopic (exact) mass is 730 g/mol. The first-order chi connectivity index (χ1) is 25.0. The number of phenols is 1. The predicted octanol–water partition coefficient (Wildman–Crippen LogP) is 9.15. The quantitative estimate of drug-likeness (QED) is 0.140. The normalized spacial score (nSPS) is 16.9. The number of aryl methyl sites for hydroxylation is 2. The van der Waals surface area contributed by atoms with Crippen LogP contribution in [0.15, 0.2) is 78.3 Å². The van der Waals surface area contributed by atoms with Crippen LogP contribution >= 0.6 is 11.3 Å².